The number of thiophene rings is 1. The van der Waals surface area contributed by atoms with Crippen LogP contribution in [0, 0.1) is 0 Å². The molecule has 0 bridgehead atoms. The summed E-state index contributed by atoms with van der Waals surface area (Å²) >= 11 is 1.61. The van der Waals surface area contributed by atoms with Crippen molar-refractivity contribution in [1.29, 1.82) is 0 Å². The van der Waals surface area contributed by atoms with E-state index in [-0.39, 0.29) is 11.3 Å². The second-order valence-corrected chi connectivity index (χ2v) is 6.68. The molecule has 1 aromatic carbocycles. The van der Waals surface area contributed by atoms with Crippen molar-refractivity contribution in [3.63, 3.8) is 0 Å². The van der Waals surface area contributed by atoms with Crippen LogP contribution in [-0.2, 0) is 16.6 Å². The van der Waals surface area contributed by atoms with Crippen LogP contribution in [0.5, 0.6) is 5.75 Å². The lowest BCUT2D eigenvalue weighted by molar-refractivity contribution is -0.120. The van der Waals surface area contributed by atoms with Crippen molar-refractivity contribution in [1.82, 2.24) is 5.32 Å². The van der Waals surface area contributed by atoms with E-state index in [2.05, 4.69) is 19.2 Å². The Morgan fingerprint density at radius 2 is 1.95 bits per heavy atom. The third-order valence-electron chi connectivity index (χ3n) is 3.51. The molecule has 1 heterocycles. The highest BCUT2D eigenvalue weighted by Crippen LogP contribution is 2.24. The number of carbonyl (C=O) groups excluding carboxylic acids is 1. The van der Waals surface area contributed by atoms with Crippen LogP contribution in [0.1, 0.15) is 24.3 Å². The molecule has 0 radical (unpaired) electrons. The molecule has 21 heavy (non-hydrogen) atoms. The summed E-state index contributed by atoms with van der Waals surface area (Å²) in [5.41, 5.74) is 1.07. The third kappa shape index (κ3) is 4.33. The lowest BCUT2D eigenvalue weighted by atomic mass is 9.84. The van der Waals surface area contributed by atoms with Crippen molar-refractivity contribution < 1.29 is 9.53 Å². The monoisotopic (exact) mass is 303 g/mol. The van der Waals surface area contributed by atoms with Gasteiger partial charge in [0, 0.05) is 16.8 Å². The average molecular weight is 303 g/mol. The number of methoxy groups -OCH3 is 1. The Bertz CT molecular complexity index is 573. The van der Waals surface area contributed by atoms with Crippen LogP contribution in [0.15, 0.2) is 41.8 Å². The fourth-order valence-electron chi connectivity index (χ4n) is 2.10. The quantitative estimate of drug-likeness (QED) is 0.888. The zero-order valence-electron chi connectivity index (χ0n) is 12.7. The summed E-state index contributed by atoms with van der Waals surface area (Å²) in [5.74, 6) is 0.912. The number of hydrogen-bond donors (Lipinski definition) is 1. The molecule has 1 aromatic heterocycles. The van der Waals surface area contributed by atoms with E-state index in [0.717, 1.165) is 10.6 Å². The fraction of sp³-hybridized carbons (Fsp3) is 0.353. The number of amides is 1. The standard InChI is InChI=1S/C17H21NO2S/c1-17(2,13-6-8-14(20-3)9-7-13)12-18-16(19)11-15-5-4-10-21-15/h4-10H,11-12H2,1-3H3,(H,18,19). The van der Waals surface area contributed by atoms with Gasteiger partial charge in [-0.3, -0.25) is 4.79 Å². The molecular weight excluding hydrogens is 282 g/mol. The lowest BCUT2D eigenvalue weighted by Crippen LogP contribution is -2.37. The normalized spacial score (nSPS) is 11.2. The highest BCUT2D eigenvalue weighted by Gasteiger charge is 2.21. The van der Waals surface area contributed by atoms with Crippen LogP contribution in [0.4, 0.5) is 0 Å². The summed E-state index contributed by atoms with van der Waals surface area (Å²) in [4.78, 5) is 13.1. The zero-order chi connectivity index (χ0) is 15.3. The van der Waals surface area contributed by atoms with Gasteiger partial charge in [-0.15, -0.1) is 11.3 Å². The highest BCUT2D eigenvalue weighted by atomic mass is 32.1. The molecule has 4 heteroatoms. The van der Waals surface area contributed by atoms with Gasteiger partial charge in [0.25, 0.3) is 0 Å². The van der Waals surface area contributed by atoms with Crippen LogP contribution in [0.2, 0.25) is 0 Å². The van der Waals surface area contributed by atoms with Crippen molar-refractivity contribution in [2.75, 3.05) is 13.7 Å². The van der Waals surface area contributed by atoms with Gasteiger partial charge in [-0.2, -0.15) is 0 Å². The molecule has 112 valence electrons. The topological polar surface area (TPSA) is 38.3 Å². The molecule has 1 N–H and O–H groups in total. The number of rotatable bonds is 6. The van der Waals surface area contributed by atoms with Crippen molar-refractivity contribution in [3.05, 3.63) is 52.2 Å². The van der Waals surface area contributed by atoms with Gasteiger partial charge in [0.1, 0.15) is 5.75 Å². The van der Waals surface area contributed by atoms with Gasteiger partial charge < -0.3 is 10.1 Å². The third-order valence-corrected chi connectivity index (χ3v) is 4.39. The molecule has 1 amide bonds. The molecule has 0 atom stereocenters. The Balaban J connectivity index is 1.92. The number of hydrogen-bond acceptors (Lipinski definition) is 3. The molecule has 0 saturated carbocycles. The smallest absolute Gasteiger partial charge is 0.225 e. The maximum Gasteiger partial charge on any atom is 0.225 e. The Morgan fingerprint density at radius 3 is 2.52 bits per heavy atom. The summed E-state index contributed by atoms with van der Waals surface area (Å²) in [7, 11) is 1.66. The minimum Gasteiger partial charge on any atom is -0.497 e. The maximum absolute atomic E-state index is 12.0. The van der Waals surface area contributed by atoms with Gasteiger partial charge in [-0.1, -0.05) is 32.0 Å². The van der Waals surface area contributed by atoms with Crippen LogP contribution in [0.25, 0.3) is 0 Å². The Labute approximate surface area is 130 Å². The van der Waals surface area contributed by atoms with Gasteiger partial charge in [0.2, 0.25) is 5.91 Å². The zero-order valence-corrected chi connectivity index (χ0v) is 13.5. The van der Waals surface area contributed by atoms with Gasteiger partial charge in [-0.25, -0.2) is 0 Å². The average Bonchev–Trinajstić information content (AvgIpc) is 2.98. The van der Waals surface area contributed by atoms with Crippen LogP contribution >= 0.6 is 11.3 Å². The highest BCUT2D eigenvalue weighted by molar-refractivity contribution is 7.10. The molecule has 0 aliphatic carbocycles. The van der Waals surface area contributed by atoms with E-state index in [1.165, 1.54) is 5.56 Å². The number of benzene rings is 1. The molecular formula is C17H21NO2S. The largest absolute Gasteiger partial charge is 0.497 e. The lowest BCUT2D eigenvalue weighted by Gasteiger charge is -2.25. The van der Waals surface area contributed by atoms with Crippen molar-refractivity contribution in [2.24, 2.45) is 0 Å². The Morgan fingerprint density at radius 1 is 1.24 bits per heavy atom. The van der Waals surface area contributed by atoms with Crippen LogP contribution in [0.3, 0.4) is 0 Å². The minimum atomic E-state index is -0.114. The first kappa shape index (κ1) is 15.6. The second kappa shape index (κ2) is 6.76. The molecule has 3 nitrogen and oxygen atoms in total. The predicted octanol–water partition coefficient (Wildman–Crippen LogP) is 3.39. The van der Waals surface area contributed by atoms with E-state index >= 15 is 0 Å². The summed E-state index contributed by atoms with van der Waals surface area (Å²) in [5, 5.41) is 5.01. The van der Waals surface area contributed by atoms with Gasteiger partial charge >= 0.3 is 0 Å². The summed E-state index contributed by atoms with van der Waals surface area (Å²) in [6.45, 7) is 4.87. The van der Waals surface area contributed by atoms with E-state index in [1.54, 1.807) is 18.4 Å². The van der Waals surface area contributed by atoms with Crippen molar-refractivity contribution >= 4 is 17.2 Å². The summed E-state index contributed by atoms with van der Waals surface area (Å²) in [6, 6.07) is 11.9. The van der Waals surface area contributed by atoms with E-state index < -0.39 is 0 Å². The molecule has 0 fully saturated rings. The maximum atomic E-state index is 12.0. The first-order chi connectivity index (χ1) is 10.0. The molecule has 2 rings (SSSR count). The fourth-order valence-corrected chi connectivity index (χ4v) is 2.80. The molecule has 0 aliphatic rings. The van der Waals surface area contributed by atoms with E-state index in [4.69, 9.17) is 4.74 Å². The van der Waals surface area contributed by atoms with Crippen molar-refractivity contribution in [3.8, 4) is 5.75 Å². The second-order valence-electron chi connectivity index (χ2n) is 5.65. The number of carbonyl (C=O) groups is 1. The first-order valence-electron chi connectivity index (χ1n) is 6.95. The molecule has 0 aliphatic heterocycles. The number of ether oxygens (including phenoxy) is 1. The minimum absolute atomic E-state index is 0.0686. The molecule has 2 aromatic rings. The molecule has 0 saturated heterocycles. The molecule has 0 spiro atoms. The van der Waals surface area contributed by atoms with Crippen LogP contribution in [-0.4, -0.2) is 19.6 Å². The predicted molar refractivity (Wildman–Crippen MR) is 87.1 cm³/mol. The Kier molecular flexibility index (Phi) is 5.02. The van der Waals surface area contributed by atoms with Gasteiger partial charge in [0.05, 0.1) is 13.5 Å². The van der Waals surface area contributed by atoms with Crippen LogP contribution < -0.4 is 10.1 Å². The van der Waals surface area contributed by atoms with Gasteiger partial charge in [-0.05, 0) is 29.1 Å². The Hall–Kier alpha value is -1.81. The first-order valence-corrected chi connectivity index (χ1v) is 7.83. The summed E-state index contributed by atoms with van der Waals surface area (Å²) < 4.78 is 5.17. The molecule has 0 unspecified atom stereocenters. The van der Waals surface area contributed by atoms with E-state index in [0.29, 0.717) is 13.0 Å². The number of nitrogens with one attached hydrogen (secondary N) is 1. The van der Waals surface area contributed by atoms with Crippen molar-refractivity contribution in [2.45, 2.75) is 25.7 Å². The van der Waals surface area contributed by atoms with E-state index in [1.807, 2.05) is 41.8 Å². The SMILES string of the molecule is COc1ccc(C(C)(C)CNC(=O)Cc2cccs2)cc1. The van der Waals surface area contributed by atoms with Gasteiger partial charge in [0.15, 0.2) is 0 Å². The summed E-state index contributed by atoms with van der Waals surface area (Å²) in [6.07, 6.45) is 0.455. The van der Waals surface area contributed by atoms with E-state index in [9.17, 15) is 4.79 Å².